The summed E-state index contributed by atoms with van der Waals surface area (Å²) in [6.45, 7) is 6.16. The summed E-state index contributed by atoms with van der Waals surface area (Å²) in [5.41, 5.74) is 1.84. The normalized spacial score (nSPS) is 11.2. The van der Waals surface area contributed by atoms with Crippen molar-refractivity contribution in [3.05, 3.63) is 53.7 Å². The Morgan fingerprint density at radius 2 is 1.83 bits per heavy atom. The van der Waals surface area contributed by atoms with Crippen LogP contribution in [0.5, 0.6) is 17.2 Å². The average Bonchev–Trinajstić information content (AvgIpc) is 3.18. The number of aromatic hydroxyl groups is 1. The van der Waals surface area contributed by atoms with Crippen LogP contribution in [-0.4, -0.2) is 30.4 Å². The van der Waals surface area contributed by atoms with Crippen molar-refractivity contribution in [2.24, 2.45) is 0 Å². The smallest absolute Gasteiger partial charge is 0.277 e. The Morgan fingerprint density at radius 3 is 2.48 bits per heavy atom. The lowest BCUT2D eigenvalue weighted by Gasteiger charge is -2.20. The number of ether oxygens (including phenoxy) is 2. The number of nitrogens with one attached hydrogen (secondary N) is 1. The van der Waals surface area contributed by atoms with Gasteiger partial charge in [0.05, 0.1) is 25.5 Å². The molecule has 0 saturated carbocycles. The number of hydrogen-bond donors (Lipinski definition) is 2. The van der Waals surface area contributed by atoms with Gasteiger partial charge in [-0.3, -0.25) is 4.79 Å². The minimum atomic E-state index is -0.497. The molecule has 1 amide bonds. The van der Waals surface area contributed by atoms with E-state index in [2.05, 4.69) is 31.2 Å². The number of aromatic nitrogens is 1. The summed E-state index contributed by atoms with van der Waals surface area (Å²) >= 11 is 0. The molecule has 152 valence electrons. The molecule has 0 aliphatic heterocycles. The molecule has 0 fully saturated rings. The molecular formula is C22H24N2O5. The molecule has 1 aromatic heterocycles. The average molecular weight is 396 g/mol. The fourth-order valence-electron chi connectivity index (χ4n) is 2.80. The highest BCUT2D eigenvalue weighted by Gasteiger charge is 2.20. The van der Waals surface area contributed by atoms with Gasteiger partial charge in [-0.15, -0.1) is 0 Å². The summed E-state index contributed by atoms with van der Waals surface area (Å²) in [5.74, 6) is 1.02. The molecule has 0 atom stereocenters. The number of carbonyl (C=O) groups is 1. The first kappa shape index (κ1) is 20.3. The third-order valence-corrected chi connectivity index (χ3v) is 4.53. The standard InChI is InChI=1S/C22H24N2O5/c1-22(2,3)13-6-8-18(25)16(10-13)23-21(26)17-12-20(29-24-17)15-11-14(27-4)7-9-19(15)28-5/h6-12,25H,1-5H3,(H,23,26). The second-order valence-electron chi connectivity index (χ2n) is 7.58. The van der Waals surface area contributed by atoms with Crippen LogP contribution in [0.2, 0.25) is 0 Å². The van der Waals surface area contributed by atoms with Crippen molar-refractivity contribution in [1.82, 2.24) is 5.16 Å². The Balaban J connectivity index is 1.88. The zero-order chi connectivity index (χ0) is 21.2. The first-order chi connectivity index (χ1) is 13.7. The number of phenols is 1. The fraction of sp³-hybridized carbons (Fsp3) is 0.273. The Kier molecular flexibility index (Phi) is 5.50. The van der Waals surface area contributed by atoms with Gasteiger partial charge in [-0.05, 0) is 41.3 Å². The first-order valence-electron chi connectivity index (χ1n) is 9.07. The monoisotopic (exact) mass is 396 g/mol. The first-order valence-corrected chi connectivity index (χ1v) is 9.07. The predicted octanol–water partition coefficient (Wildman–Crippen LogP) is 4.61. The van der Waals surface area contributed by atoms with Crippen LogP contribution < -0.4 is 14.8 Å². The van der Waals surface area contributed by atoms with Crippen LogP contribution in [-0.2, 0) is 5.41 Å². The van der Waals surface area contributed by atoms with Crippen LogP contribution in [0.1, 0.15) is 36.8 Å². The number of hydrogen-bond acceptors (Lipinski definition) is 6. The van der Waals surface area contributed by atoms with Gasteiger partial charge in [-0.2, -0.15) is 0 Å². The maximum absolute atomic E-state index is 12.6. The van der Waals surface area contributed by atoms with E-state index in [0.717, 1.165) is 5.56 Å². The molecule has 0 bridgehead atoms. The van der Waals surface area contributed by atoms with E-state index in [-0.39, 0.29) is 16.9 Å². The molecule has 29 heavy (non-hydrogen) atoms. The van der Waals surface area contributed by atoms with Crippen molar-refractivity contribution in [2.75, 3.05) is 19.5 Å². The lowest BCUT2D eigenvalue weighted by molar-refractivity contribution is 0.101. The van der Waals surface area contributed by atoms with Crippen LogP contribution in [0.25, 0.3) is 11.3 Å². The number of phenolic OH excluding ortho intramolecular Hbond substituents is 1. The third-order valence-electron chi connectivity index (χ3n) is 4.53. The van der Waals surface area contributed by atoms with Crippen LogP contribution in [0.4, 0.5) is 5.69 Å². The molecule has 2 N–H and O–H groups in total. The molecule has 0 aliphatic rings. The number of amides is 1. The van der Waals surface area contributed by atoms with Crippen molar-refractivity contribution >= 4 is 11.6 Å². The van der Waals surface area contributed by atoms with E-state index < -0.39 is 5.91 Å². The van der Waals surface area contributed by atoms with Crippen molar-refractivity contribution in [3.8, 4) is 28.6 Å². The van der Waals surface area contributed by atoms with E-state index in [1.165, 1.54) is 6.07 Å². The van der Waals surface area contributed by atoms with E-state index in [9.17, 15) is 9.90 Å². The summed E-state index contributed by atoms with van der Waals surface area (Å²) < 4.78 is 15.9. The molecule has 0 aliphatic carbocycles. The molecule has 0 spiro atoms. The number of anilines is 1. The second-order valence-corrected chi connectivity index (χ2v) is 7.58. The zero-order valence-corrected chi connectivity index (χ0v) is 17.1. The molecule has 3 aromatic rings. The van der Waals surface area contributed by atoms with Gasteiger partial charge < -0.3 is 24.4 Å². The van der Waals surface area contributed by atoms with E-state index in [1.54, 1.807) is 44.6 Å². The third kappa shape index (κ3) is 4.34. The predicted molar refractivity (Wildman–Crippen MR) is 110 cm³/mol. The number of benzene rings is 2. The van der Waals surface area contributed by atoms with Crippen LogP contribution in [0.15, 0.2) is 47.0 Å². The van der Waals surface area contributed by atoms with E-state index in [1.807, 2.05) is 6.07 Å². The van der Waals surface area contributed by atoms with Crippen LogP contribution >= 0.6 is 0 Å². The lowest BCUT2D eigenvalue weighted by Crippen LogP contribution is -2.15. The number of carbonyl (C=O) groups excluding carboxylic acids is 1. The van der Waals surface area contributed by atoms with Gasteiger partial charge in [0.15, 0.2) is 11.5 Å². The molecule has 1 heterocycles. The Labute approximate surface area is 169 Å². The quantitative estimate of drug-likeness (QED) is 0.612. The second kappa shape index (κ2) is 7.87. The minimum absolute atomic E-state index is 0.0236. The van der Waals surface area contributed by atoms with Crippen molar-refractivity contribution in [2.45, 2.75) is 26.2 Å². The molecule has 7 heteroatoms. The SMILES string of the molecule is COc1ccc(OC)c(-c2cc(C(=O)Nc3cc(C(C)(C)C)ccc3O)no2)c1. The molecule has 0 saturated heterocycles. The highest BCUT2D eigenvalue weighted by Crippen LogP contribution is 2.34. The zero-order valence-electron chi connectivity index (χ0n) is 17.1. The summed E-state index contributed by atoms with van der Waals surface area (Å²) in [6.07, 6.45) is 0. The maximum Gasteiger partial charge on any atom is 0.277 e. The van der Waals surface area contributed by atoms with Gasteiger partial charge in [0.2, 0.25) is 0 Å². The van der Waals surface area contributed by atoms with Gasteiger partial charge >= 0.3 is 0 Å². The Morgan fingerprint density at radius 1 is 1.07 bits per heavy atom. The molecule has 7 nitrogen and oxygen atoms in total. The van der Waals surface area contributed by atoms with E-state index in [4.69, 9.17) is 14.0 Å². The number of rotatable bonds is 5. The van der Waals surface area contributed by atoms with E-state index in [0.29, 0.717) is 28.5 Å². The van der Waals surface area contributed by atoms with Crippen molar-refractivity contribution in [3.63, 3.8) is 0 Å². The van der Waals surface area contributed by atoms with Crippen molar-refractivity contribution < 1.29 is 23.9 Å². The highest BCUT2D eigenvalue weighted by atomic mass is 16.5. The number of methoxy groups -OCH3 is 2. The summed E-state index contributed by atoms with van der Waals surface area (Å²) in [5, 5.41) is 16.7. The number of nitrogens with zero attached hydrogens (tertiary/aromatic N) is 1. The van der Waals surface area contributed by atoms with Gasteiger partial charge in [0.25, 0.3) is 5.91 Å². The molecule has 2 aromatic carbocycles. The highest BCUT2D eigenvalue weighted by molar-refractivity contribution is 6.04. The summed E-state index contributed by atoms with van der Waals surface area (Å²) in [7, 11) is 3.10. The molecule has 3 rings (SSSR count). The maximum atomic E-state index is 12.6. The van der Waals surface area contributed by atoms with Crippen LogP contribution in [0, 0.1) is 0 Å². The fourth-order valence-corrected chi connectivity index (χ4v) is 2.80. The van der Waals surface area contributed by atoms with Gasteiger partial charge in [0, 0.05) is 6.07 Å². The Bertz CT molecular complexity index is 1030. The van der Waals surface area contributed by atoms with E-state index >= 15 is 0 Å². The largest absolute Gasteiger partial charge is 0.506 e. The minimum Gasteiger partial charge on any atom is -0.506 e. The molecular weight excluding hydrogens is 372 g/mol. The van der Waals surface area contributed by atoms with Gasteiger partial charge in [-0.1, -0.05) is 32.0 Å². The summed E-state index contributed by atoms with van der Waals surface area (Å²) in [4.78, 5) is 12.6. The van der Waals surface area contributed by atoms with Crippen LogP contribution in [0.3, 0.4) is 0 Å². The van der Waals surface area contributed by atoms with Gasteiger partial charge in [0.1, 0.15) is 17.2 Å². The summed E-state index contributed by atoms with van der Waals surface area (Å²) in [6, 6.07) is 11.9. The van der Waals surface area contributed by atoms with Crippen molar-refractivity contribution in [1.29, 1.82) is 0 Å². The topological polar surface area (TPSA) is 93.8 Å². The molecule has 0 unspecified atom stereocenters. The van der Waals surface area contributed by atoms with Gasteiger partial charge in [-0.25, -0.2) is 0 Å². The lowest BCUT2D eigenvalue weighted by atomic mass is 9.87. The molecule has 0 radical (unpaired) electrons. The Hall–Kier alpha value is -3.48.